The van der Waals surface area contributed by atoms with Crippen LogP contribution < -0.4 is 5.73 Å². The van der Waals surface area contributed by atoms with Gasteiger partial charge in [-0.1, -0.05) is 0 Å². The standard InChI is InChI=1S/C7H7FN2O2/c1-12-7(11)5-3-2-4(8)6(9)10-5/h2-3H,1H3,(H2,9,10). The zero-order valence-corrected chi connectivity index (χ0v) is 6.37. The first-order valence-electron chi connectivity index (χ1n) is 3.15. The maximum absolute atomic E-state index is 12.5. The molecule has 5 heteroatoms. The number of ether oxygens (including phenoxy) is 1. The molecule has 1 rings (SSSR count). The third-order valence-corrected chi connectivity index (χ3v) is 1.27. The van der Waals surface area contributed by atoms with Gasteiger partial charge in [0.25, 0.3) is 0 Å². The number of hydrogen-bond acceptors (Lipinski definition) is 4. The number of nitrogens with zero attached hydrogens (tertiary/aromatic N) is 1. The quantitative estimate of drug-likeness (QED) is 0.626. The number of rotatable bonds is 1. The molecule has 12 heavy (non-hydrogen) atoms. The van der Waals surface area contributed by atoms with Gasteiger partial charge in [0.1, 0.15) is 0 Å². The minimum atomic E-state index is -0.650. The second kappa shape index (κ2) is 3.17. The summed E-state index contributed by atoms with van der Waals surface area (Å²) in [6, 6.07) is 2.27. The molecule has 0 bridgehead atoms. The van der Waals surface area contributed by atoms with Crippen molar-refractivity contribution in [1.82, 2.24) is 4.98 Å². The second-order valence-corrected chi connectivity index (χ2v) is 2.06. The van der Waals surface area contributed by atoms with Crippen molar-refractivity contribution in [3.05, 3.63) is 23.6 Å². The van der Waals surface area contributed by atoms with Gasteiger partial charge in [0, 0.05) is 0 Å². The SMILES string of the molecule is COC(=O)c1ccc(F)c(N)n1. The topological polar surface area (TPSA) is 65.2 Å². The Bertz CT molecular complexity index is 314. The van der Waals surface area contributed by atoms with Gasteiger partial charge in [-0.25, -0.2) is 14.2 Å². The summed E-state index contributed by atoms with van der Waals surface area (Å²) in [5.74, 6) is -1.60. The van der Waals surface area contributed by atoms with E-state index in [4.69, 9.17) is 5.73 Å². The van der Waals surface area contributed by atoms with Gasteiger partial charge in [0.15, 0.2) is 17.3 Å². The fourth-order valence-electron chi connectivity index (χ4n) is 0.676. The molecule has 0 aliphatic rings. The zero-order chi connectivity index (χ0) is 9.14. The van der Waals surface area contributed by atoms with Crippen molar-refractivity contribution in [2.45, 2.75) is 0 Å². The summed E-state index contributed by atoms with van der Waals surface area (Å²) in [4.78, 5) is 14.3. The van der Waals surface area contributed by atoms with Crippen molar-refractivity contribution in [2.75, 3.05) is 12.8 Å². The van der Waals surface area contributed by atoms with Gasteiger partial charge in [0.05, 0.1) is 7.11 Å². The number of pyridine rings is 1. The van der Waals surface area contributed by atoms with E-state index in [1.54, 1.807) is 0 Å². The molecule has 0 aliphatic heterocycles. The molecule has 0 amide bonds. The Balaban J connectivity index is 3.05. The average molecular weight is 170 g/mol. The average Bonchev–Trinajstić information content (AvgIpc) is 2.08. The van der Waals surface area contributed by atoms with Gasteiger partial charge in [0.2, 0.25) is 0 Å². The van der Waals surface area contributed by atoms with Crippen LogP contribution in [0.4, 0.5) is 10.2 Å². The third-order valence-electron chi connectivity index (χ3n) is 1.27. The molecule has 0 fully saturated rings. The van der Waals surface area contributed by atoms with Crippen LogP contribution in [0, 0.1) is 5.82 Å². The lowest BCUT2D eigenvalue weighted by Crippen LogP contribution is -2.06. The Kier molecular flexibility index (Phi) is 2.23. The molecule has 4 nitrogen and oxygen atoms in total. The monoisotopic (exact) mass is 170 g/mol. The summed E-state index contributed by atoms with van der Waals surface area (Å²) in [7, 11) is 1.21. The van der Waals surface area contributed by atoms with E-state index in [9.17, 15) is 9.18 Å². The van der Waals surface area contributed by atoms with E-state index in [0.29, 0.717) is 0 Å². The minimum Gasteiger partial charge on any atom is -0.464 e. The van der Waals surface area contributed by atoms with Crippen LogP contribution in [0.15, 0.2) is 12.1 Å². The molecular formula is C7H7FN2O2. The van der Waals surface area contributed by atoms with Crippen molar-refractivity contribution >= 4 is 11.8 Å². The Morgan fingerprint density at radius 3 is 2.83 bits per heavy atom. The van der Waals surface area contributed by atoms with Crippen molar-refractivity contribution in [3.8, 4) is 0 Å². The highest BCUT2D eigenvalue weighted by Crippen LogP contribution is 2.07. The first-order chi connectivity index (χ1) is 5.65. The van der Waals surface area contributed by atoms with Gasteiger partial charge in [-0.2, -0.15) is 0 Å². The molecule has 0 aliphatic carbocycles. The van der Waals surface area contributed by atoms with Crippen LogP contribution in [0.2, 0.25) is 0 Å². The maximum Gasteiger partial charge on any atom is 0.356 e. The molecule has 0 aromatic carbocycles. The van der Waals surface area contributed by atoms with Gasteiger partial charge < -0.3 is 10.5 Å². The Morgan fingerprint density at radius 2 is 2.33 bits per heavy atom. The number of carbonyl (C=O) groups excluding carboxylic acids is 1. The summed E-state index contributed by atoms with van der Waals surface area (Å²) in [5.41, 5.74) is 5.12. The highest BCUT2D eigenvalue weighted by molar-refractivity contribution is 5.87. The highest BCUT2D eigenvalue weighted by Gasteiger charge is 2.08. The van der Waals surface area contributed by atoms with E-state index in [1.807, 2.05) is 0 Å². The van der Waals surface area contributed by atoms with E-state index in [2.05, 4.69) is 9.72 Å². The molecule has 0 saturated carbocycles. The van der Waals surface area contributed by atoms with E-state index in [0.717, 1.165) is 6.07 Å². The summed E-state index contributed by atoms with van der Waals surface area (Å²) in [6.45, 7) is 0. The van der Waals surface area contributed by atoms with Crippen molar-refractivity contribution in [2.24, 2.45) is 0 Å². The summed E-state index contributed by atoms with van der Waals surface area (Å²) < 4.78 is 16.9. The first kappa shape index (κ1) is 8.45. The number of nitrogens with two attached hydrogens (primary N) is 1. The lowest BCUT2D eigenvalue weighted by atomic mass is 10.3. The molecule has 0 radical (unpaired) electrons. The van der Waals surface area contributed by atoms with E-state index >= 15 is 0 Å². The Morgan fingerprint density at radius 1 is 1.67 bits per heavy atom. The van der Waals surface area contributed by atoms with Gasteiger partial charge >= 0.3 is 5.97 Å². The number of anilines is 1. The van der Waals surface area contributed by atoms with Crippen LogP contribution in [0.3, 0.4) is 0 Å². The second-order valence-electron chi connectivity index (χ2n) is 2.06. The van der Waals surface area contributed by atoms with Crippen LogP contribution in [0.1, 0.15) is 10.5 Å². The van der Waals surface area contributed by atoms with Crippen LogP contribution in [0.5, 0.6) is 0 Å². The van der Waals surface area contributed by atoms with Crippen LogP contribution in [0.25, 0.3) is 0 Å². The van der Waals surface area contributed by atoms with Crippen LogP contribution in [-0.2, 0) is 4.74 Å². The first-order valence-corrected chi connectivity index (χ1v) is 3.15. The van der Waals surface area contributed by atoms with Gasteiger partial charge in [-0.3, -0.25) is 0 Å². The Labute approximate surface area is 68.2 Å². The zero-order valence-electron chi connectivity index (χ0n) is 6.37. The molecule has 1 aromatic heterocycles. The van der Waals surface area contributed by atoms with Gasteiger partial charge in [-0.05, 0) is 12.1 Å². The van der Waals surface area contributed by atoms with Crippen molar-refractivity contribution in [3.63, 3.8) is 0 Å². The molecule has 2 N–H and O–H groups in total. The fourth-order valence-corrected chi connectivity index (χ4v) is 0.676. The van der Waals surface area contributed by atoms with E-state index in [-0.39, 0.29) is 11.5 Å². The molecule has 0 atom stereocenters. The normalized spacial score (nSPS) is 9.50. The summed E-state index contributed by atoms with van der Waals surface area (Å²) >= 11 is 0. The molecule has 1 heterocycles. The lowest BCUT2D eigenvalue weighted by Gasteiger charge is -1.99. The fraction of sp³-hybridized carbons (Fsp3) is 0.143. The number of halogens is 1. The lowest BCUT2D eigenvalue weighted by molar-refractivity contribution is 0.0594. The number of nitrogen functional groups attached to an aromatic ring is 1. The largest absolute Gasteiger partial charge is 0.464 e. The van der Waals surface area contributed by atoms with Crippen LogP contribution in [-0.4, -0.2) is 18.1 Å². The molecule has 0 saturated heterocycles. The maximum atomic E-state index is 12.5. The summed E-state index contributed by atoms with van der Waals surface area (Å²) in [6.07, 6.45) is 0. The van der Waals surface area contributed by atoms with Crippen molar-refractivity contribution < 1.29 is 13.9 Å². The molecule has 64 valence electrons. The molecule has 0 unspecified atom stereocenters. The Hall–Kier alpha value is -1.65. The number of methoxy groups -OCH3 is 1. The van der Waals surface area contributed by atoms with Gasteiger partial charge in [-0.15, -0.1) is 0 Å². The predicted molar refractivity (Wildman–Crippen MR) is 39.9 cm³/mol. The molecular weight excluding hydrogens is 163 g/mol. The predicted octanol–water partition coefficient (Wildman–Crippen LogP) is 0.590. The highest BCUT2D eigenvalue weighted by atomic mass is 19.1. The molecule has 1 aromatic rings. The number of aromatic nitrogens is 1. The molecule has 0 spiro atoms. The number of carbonyl (C=O) groups is 1. The van der Waals surface area contributed by atoms with E-state index in [1.165, 1.54) is 13.2 Å². The van der Waals surface area contributed by atoms with E-state index < -0.39 is 11.8 Å². The van der Waals surface area contributed by atoms with Crippen molar-refractivity contribution in [1.29, 1.82) is 0 Å². The number of hydrogen-bond donors (Lipinski definition) is 1. The minimum absolute atomic E-state index is 0.00333. The number of esters is 1. The van der Waals surface area contributed by atoms with Crippen LogP contribution >= 0.6 is 0 Å². The smallest absolute Gasteiger partial charge is 0.356 e. The summed E-state index contributed by atoms with van der Waals surface area (Å²) in [5, 5.41) is 0. The third kappa shape index (κ3) is 1.50.